The van der Waals surface area contributed by atoms with E-state index in [1.807, 2.05) is 42.6 Å². The highest BCUT2D eigenvalue weighted by Crippen LogP contribution is 2.32. The van der Waals surface area contributed by atoms with Crippen LogP contribution in [-0.4, -0.2) is 88.8 Å². The Morgan fingerprint density at radius 3 is 2.53 bits per heavy atom. The Bertz CT molecular complexity index is 1930. The molecule has 4 aromatic rings. The summed E-state index contributed by atoms with van der Waals surface area (Å²) in [6.07, 6.45) is 9.00. The van der Waals surface area contributed by atoms with Crippen LogP contribution in [0.3, 0.4) is 0 Å². The molecule has 4 heterocycles. The summed E-state index contributed by atoms with van der Waals surface area (Å²) < 4.78 is 7.77. The average molecular weight is 695 g/mol. The Labute approximate surface area is 297 Å². The minimum atomic E-state index is -0.391. The van der Waals surface area contributed by atoms with Crippen LogP contribution in [0.4, 0.5) is 17.5 Å². The van der Waals surface area contributed by atoms with Gasteiger partial charge < -0.3 is 25.1 Å². The van der Waals surface area contributed by atoms with E-state index in [-0.39, 0.29) is 28.9 Å². The van der Waals surface area contributed by atoms with Gasteiger partial charge >= 0.3 is 0 Å². The third-order valence-corrected chi connectivity index (χ3v) is 10.0. The number of hydrogen-bond acceptors (Lipinski definition) is 11. The van der Waals surface area contributed by atoms with E-state index in [2.05, 4.69) is 30.4 Å². The predicted octanol–water partition coefficient (Wildman–Crippen LogP) is 4.57. The van der Waals surface area contributed by atoms with E-state index in [1.54, 1.807) is 24.7 Å². The zero-order valence-electron chi connectivity index (χ0n) is 29.6. The molecule has 1 aliphatic heterocycles. The van der Waals surface area contributed by atoms with E-state index in [1.165, 1.54) is 6.92 Å². The standard InChI is InChI=1S/C38H46N8O5/c1-25-32-24-41-38(43-35(32)46(28-9-4-5-10-28)37(50)34(25)26(2)48)42-33-14-13-29(23-40-33)45-17-15-44(16-18-45)19-21-51-30-11-6-8-27(22-30)31(12-7-20-47)36(49)39-3/h6,8,11,13-14,20,22-24,28,31H,4-5,7,9-10,12,15-19,21H2,1-3H3,(H,39,49)(H,40,41,42,43). The first-order valence-electron chi connectivity index (χ1n) is 17.8. The van der Waals surface area contributed by atoms with Crippen molar-refractivity contribution in [3.05, 3.63) is 75.8 Å². The number of likely N-dealkylation sites (N-methyl/N-ethyl adjacent to an activating group) is 1. The molecule has 2 aliphatic rings. The van der Waals surface area contributed by atoms with Crippen LogP contribution < -0.4 is 25.8 Å². The van der Waals surface area contributed by atoms with Gasteiger partial charge in [0.25, 0.3) is 5.56 Å². The van der Waals surface area contributed by atoms with Crippen molar-refractivity contribution >= 4 is 46.5 Å². The number of ether oxygens (including phenoxy) is 1. The molecule has 1 saturated carbocycles. The topological polar surface area (TPSA) is 152 Å². The number of ketones is 1. The van der Waals surface area contributed by atoms with E-state index in [0.717, 1.165) is 75.9 Å². The van der Waals surface area contributed by atoms with Crippen molar-refractivity contribution in [2.24, 2.45) is 0 Å². The van der Waals surface area contributed by atoms with Crippen molar-refractivity contribution < 1.29 is 19.1 Å². The number of fused-ring (bicyclic) bond motifs is 1. The van der Waals surface area contributed by atoms with Crippen molar-refractivity contribution in [2.75, 3.05) is 56.6 Å². The maximum atomic E-state index is 13.5. The number of aryl methyl sites for hydroxylation is 1. The van der Waals surface area contributed by atoms with Gasteiger partial charge in [-0.15, -0.1) is 0 Å². The fourth-order valence-electron chi connectivity index (χ4n) is 7.27. The molecule has 13 nitrogen and oxygen atoms in total. The van der Waals surface area contributed by atoms with Gasteiger partial charge in [0, 0.05) is 63.8 Å². The second-order valence-corrected chi connectivity index (χ2v) is 13.3. The molecule has 1 aliphatic carbocycles. The molecule has 2 N–H and O–H groups in total. The number of aromatic nitrogens is 4. The maximum absolute atomic E-state index is 13.5. The third-order valence-electron chi connectivity index (χ3n) is 10.0. The smallest absolute Gasteiger partial charge is 0.263 e. The quantitative estimate of drug-likeness (QED) is 0.141. The first kappa shape index (κ1) is 35.6. The summed E-state index contributed by atoms with van der Waals surface area (Å²) in [5, 5.41) is 6.60. The molecule has 1 atom stereocenters. The van der Waals surface area contributed by atoms with Crippen molar-refractivity contribution in [1.29, 1.82) is 0 Å². The van der Waals surface area contributed by atoms with E-state index < -0.39 is 5.92 Å². The minimum absolute atomic E-state index is 0.0129. The Morgan fingerprint density at radius 1 is 1.06 bits per heavy atom. The second-order valence-electron chi connectivity index (χ2n) is 13.3. The number of nitrogens with one attached hydrogen (secondary N) is 2. The summed E-state index contributed by atoms with van der Waals surface area (Å²) in [4.78, 5) is 67.8. The monoisotopic (exact) mass is 694 g/mol. The molecule has 3 aromatic heterocycles. The lowest BCUT2D eigenvalue weighted by atomic mass is 9.93. The van der Waals surface area contributed by atoms with Gasteiger partial charge in [0.05, 0.1) is 23.4 Å². The zero-order valence-corrected chi connectivity index (χ0v) is 29.6. The second kappa shape index (κ2) is 16.2. The van der Waals surface area contributed by atoms with Crippen LogP contribution in [-0.2, 0) is 9.59 Å². The number of carbonyl (C=O) groups is 3. The molecule has 1 saturated heterocycles. The highest BCUT2D eigenvalue weighted by Gasteiger charge is 2.26. The molecule has 6 rings (SSSR count). The van der Waals surface area contributed by atoms with Crippen LogP contribution >= 0.6 is 0 Å². The Kier molecular flexibility index (Phi) is 11.3. The molecular weight excluding hydrogens is 648 g/mol. The molecule has 2 fully saturated rings. The van der Waals surface area contributed by atoms with Gasteiger partial charge in [-0.2, -0.15) is 4.98 Å². The number of anilines is 3. The van der Waals surface area contributed by atoms with Gasteiger partial charge in [0.15, 0.2) is 5.78 Å². The van der Waals surface area contributed by atoms with E-state index in [9.17, 15) is 19.2 Å². The van der Waals surface area contributed by atoms with E-state index in [0.29, 0.717) is 53.6 Å². The highest BCUT2D eigenvalue weighted by atomic mass is 16.5. The van der Waals surface area contributed by atoms with Crippen LogP contribution in [0.2, 0.25) is 0 Å². The summed E-state index contributed by atoms with van der Waals surface area (Å²) in [5.41, 5.74) is 2.96. The van der Waals surface area contributed by atoms with Crippen molar-refractivity contribution in [1.82, 2.24) is 29.7 Å². The largest absolute Gasteiger partial charge is 0.492 e. The van der Waals surface area contributed by atoms with Crippen LogP contribution in [0.25, 0.3) is 11.0 Å². The number of pyridine rings is 2. The molecular formula is C38H46N8O5. The number of benzene rings is 1. The summed E-state index contributed by atoms with van der Waals surface area (Å²) >= 11 is 0. The average Bonchev–Trinajstić information content (AvgIpc) is 3.67. The number of rotatable bonds is 14. The molecule has 1 amide bonds. The Morgan fingerprint density at radius 2 is 1.84 bits per heavy atom. The molecule has 0 spiro atoms. The first-order chi connectivity index (χ1) is 24.8. The summed E-state index contributed by atoms with van der Waals surface area (Å²) in [7, 11) is 1.60. The lowest BCUT2D eigenvalue weighted by Crippen LogP contribution is -2.47. The summed E-state index contributed by atoms with van der Waals surface area (Å²) in [6, 6.07) is 11.5. The van der Waals surface area contributed by atoms with Crippen molar-refractivity contribution in [3.63, 3.8) is 0 Å². The normalized spacial score (nSPS) is 15.9. The lowest BCUT2D eigenvalue weighted by molar-refractivity contribution is -0.122. The van der Waals surface area contributed by atoms with Gasteiger partial charge in [0.2, 0.25) is 11.9 Å². The minimum Gasteiger partial charge on any atom is -0.492 e. The predicted molar refractivity (Wildman–Crippen MR) is 196 cm³/mol. The van der Waals surface area contributed by atoms with Crippen LogP contribution in [0.15, 0.2) is 53.6 Å². The molecule has 51 heavy (non-hydrogen) atoms. The van der Waals surface area contributed by atoms with E-state index in [4.69, 9.17) is 9.72 Å². The molecule has 268 valence electrons. The third kappa shape index (κ3) is 8.09. The van der Waals surface area contributed by atoms with Gasteiger partial charge in [-0.05, 0) is 68.5 Å². The van der Waals surface area contributed by atoms with Crippen LogP contribution in [0, 0.1) is 6.92 Å². The Balaban J connectivity index is 1.04. The lowest BCUT2D eigenvalue weighted by Gasteiger charge is -2.35. The number of carbonyl (C=O) groups excluding carboxylic acids is 3. The fourth-order valence-corrected chi connectivity index (χ4v) is 7.27. The molecule has 13 heteroatoms. The van der Waals surface area contributed by atoms with Crippen LogP contribution in [0.5, 0.6) is 5.75 Å². The first-order valence-corrected chi connectivity index (χ1v) is 17.8. The molecule has 1 unspecified atom stereocenters. The molecule has 0 bridgehead atoms. The zero-order chi connectivity index (χ0) is 35.9. The van der Waals surface area contributed by atoms with E-state index >= 15 is 0 Å². The number of nitrogens with zero attached hydrogens (tertiary/aromatic N) is 6. The number of hydrogen-bond donors (Lipinski definition) is 2. The van der Waals surface area contributed by atoms with Crippen LogP contribution in [0.1, 0.15) is 78.9 Å². The fraction of sp³-hybridized carbons (Fsp3) is 0.447. The molecule has 1 aromatic carbocycles. The number of Topliss-reactive ketones (excluding diaryl/α,β-unsaturated/α-hetero) is 1. The summed E-state index contributed by atoms with van der Waals surface area (Å²) in [5.74, 6) is 0.900. The Hall–Kier alpha value is -5.17. The van der Waals surface area contributed by atoms with Gasteiger partial charge in [0.1, 0.15) is 30.1 Å². The maximum Gasteiger partial charge on any atom is 0.263 e. The molecule has 0 radical (unpaired) electrons. The van der Waals surface area contributed by atoms with Crippen molar-refractivity contribution in [3.8, 4) is 5.75 Å². The summed E-state index contributed by atoms with van der Waals surface area (Å²) in [6.45, 7) is 7.99. The number of amides is 1. The number of aldehydes is 1. The van der Waals surface area contributed by atoms with Gasteiger partial charge in [-0.25, -0.2) is 9.97 Å². The van der Waals surface area contributed by atoms with Gasteiger partial charge in [-0.1, -0.05) is 25.0 Å². The van der Waals surface area contributed by atoms with Crippen molar-refractivity contribution in [2.45, 2.75) is 64.3 Å². The van der Waals surface area contributed by atoms with Gasteiger partial charge in [-0.3, -0.25) is 23.9 Å². The SMILES string of the molecule is CNC(=O)C(CCC=O)c1cccc(OCCN2CCN(c3ccc(Nc4ncc5c(C)c(C(C)=O)c(=O)n(C6CCCC6)c5n4)nc3)CC2)c1. The highest BCUT2D eigenvalue weighted by molar-refractivity contribution is 5.99. The number of piperazine rings is 1.